The van der Waals surface area contributed by atoms with Crippen LogP contribution in [0, 0.1) is 13.8 Å². The van der Waals surface area contributed by atoms with E-state index in [2.05, 4.69) is 9.97 Å². The summed E-state index contributed by atoms with van der Waals surface area (Å²) in [5.41, 5.74) is 4.07. The predicted molar refractivity (Wildman–Crippen MR) is 86.1 cm³/mol. The molecule has 108 valence electrons. The number of halogens is 1. The number of hydrogen-bond acceptors (Lipinski definition) is 2. The number of fused-ring (bicyclic) bond motifs is 1. The topological polar surface area (TPSA) is 37.9 Å². The van der Waals surface area contributed by atoms with E-state index in [1.54, 1.807) is 0 Å². The van der Waals surface area contributed by atoms with Crippen molar-refractivity contribution < 1.29 is 4.74 Å². The number of imidazole rings is 1. The molecular weight excluding hydrogens is 284 g/mol. The fourth-order valence-corrected chi connectivity index (χ4v) is 2.58. The summed E-state index contributed by atoms with van der Waals surface area (Å²) in [6, 6.07) is 11.8. The van der Waals surface area contributed by atoms with E-state index in [9.17, 15) is 0 Å². The smallest absolute Gasteiger partial charge is 0.153 e. The molecule has 2 aromatic carbocycles. The Balaban J connectivity index is 1.91. The van der Waals surface area contributed by atoms with Gasteiger partial charge >= 0.3 is 0 Å². The van der Waals surface area contributed by atoms with Gasteiger partial charge in [-0.15, -0.1) is 0 Å². The third kappa shape index (κ3) is 2.74. The predicted octanol–water partition coefficient (Wildman–Crippen LogP) is 4.97. The van der Waals surface area contributed by atoms with E-state index < -0.39 is 0 Å². The van der Waals surface area contributed by atoms with Crippen LogP contribution in [0.2, 0.25) is 5.02 Å². The molecule has 1 N–H and O–H groups in total. The van der Waals surface area contributed by atoms with Crippen molar-refractivity contribution >= 4 is 22.6 Å². The summed E-state index contributed by atoms with van der Waals surface area (Å²) in [6.45, 7) is 6.09. The van der Waals surface area contributed by atoms with Crippen molar-refractivity contribution in [1.29, 1.82) is 0 Å². The van der Waals surface area contributed by atoms with Crippen LogP contribution >= 0.6 is 11.6 Å². The van der Waals surface area contributed by atoms with Crippen molar-refractivity contribution in [2.75, 3.05) is 0 Å². The van der Waals surface area contributed by atoms with Gasteiger partial charge in [0.25, 0.3) is 0 Å². The number of H-pyrrole nitrogens is 1. The molecule has 0 aliphatic carbocycles. The van der Waals surface area contributed by atoms with Gasteiger partial charge in [-0.1, -0.05) is 29.8 Å². The van der Waals surface area contributed by atoms with Crippen molar-refractivity contribution in [1.82, 2.24) is 9.97 Å². The molecule has 1 aromatic heterocycles. The van der Waals surface area contributed by atoms with Gasteiger partial charge in [-0.3, -0.25) is 0 Å². The minimum atomic E-state index is -0.157. The largest absolute Gasteiger partial charge is 0.482 e. The summed E-state index contributed by atoms with van der Waals surface area (Å²) in [7, 11) is 0. The summed E-state index contributed by atoms with van der Waals surface area (Å²) in [4.78, 5) is 7.84. The number of aromatic amines is 1. The van der Waals surface area contributed by atoms with Crippen LogP contribution < -0.4 is 4.74 Å². The Labute approximate surface area is 128 Å². The molecule has 4 heteroatoms. The molecule has 0 saturated heterocycles. The standard InChI is InChI=1S/C17H17ClN2O/c1-10-5-4-6-11(2)16(10)21-12(3)17-19-14-8-7-13(18)9-15(14)20-17/h4-9,12H,1-3H3,(H,19,20)/t12-/m0/s1. The molecule has 21 heavy (non-hydrogen) atoms. The van der Waals surface area contributed by atoms with Gasteiger partial charge in [0.2, 0.25) is 0 Å². The van der Waals surface area contributed by atoms with E-state index >= 15 is 0 Å². The van der Waals surface area contributed by atoms with Gasteiger partial charge in [-0.2, -0.15) is 0 Å². The number of nitrogens with zero attached hydrogens (tertiary/aromatic N) is 1. The van der Waals surface area contributed by atoms with E-state index in [4.69, 9.17) is 16.3 Å². The summed E-state index contributed by atoms with van der Waals surface area (Å²) in [5, 5.41) is 0.695. The Morgan fingerprint density at radius 2 is 1.86 bits per heavy atom. The number of nitrogens with one attached hydrogen (secondary N) is 1. The van der Waals surface area contributed by atoms with E-state index in [1.807, 2.05) is 57.2 Å². The first-order chi connectivity index (χ1) is 10.0. The van der Waals surface area contributed by atoms with Crippen LogP contribution in [0.1, 0.15) is 30.0 Å². The Hall–Kier alpha value is -2.00. The zero-order valence-corrected chi connectivity index (χ0v) is 13.0. The number of aromatic nitrogens is 2. The molecule has 1 atom stereocenters. The number of benzene rings is 2. The lowest BCUT2D eigenvalue weighted by Crippen LogP contribution is -2.07. The maximum absolute atomic E-state index is 6.10. The third-order valence-corrected chi connectivity index (χ3v) is 3.79. The highest BCUT2D eigenvalue weighted by Crippen LogP contribution is 2.28. The minimum Gasteiger partial charge on any atom is -0.482 e. The first-order valence-electron chi connectivity index (χ1n) is 6.92. The van der Waals surface area contributed by atoms with Gasteiger partial charge in [0.15, 0.2) is 6.10 Å². The van der Waals surface area contributed by atoms with E-state index in [0.29, 0.717) is 5.02 Å². The van der Waals surface area contributed by atoms with Crippen LogP contribution in [0.4, 0.5) is 0 Å². The molecule has 3 rings (SSSR count). The van der Waals surface area contributed by atoms with Gasteiger partial charge in [-0.05, 0) is 50.1 Å². The summed E-state index contributed by atoms with van der Waals surface area (Å²) in [6.07, 6.45) is -0.157. The van der Waals surface area contributed by atoms with Crippen molar-refractivity contribution in [3.8, 4) is 5.75 Å². The molecular formula is C17H17ClN2O. The molecule has 0 aliphatic heterocycles. The van der Waals surface area contributed by atoms with Crippen molar-refractivity contribution in [3.05, 3.63) is 58.4 Å². The molecule has 0 fully saturated rings. The second kappa shape index (κ2) is 5.41. The number of rotatable bonds is 3. The SMILES string of the molecule is Cc1cccc(C)c1O[C@@H](C)c1nc2ccc(Cl)cc2[nH]1. The highest BCUT2D eigenvalue weighted by molar-refractivity contribution is 6.31. The zero-order valence-electron chi connectivity index (χ0n) is 12.3. The first-order valence-corrected chi connectivity index (χ1v) is 7.30. The Morgan fingerprint density at radius 1 is 1.14 bits per heavy atom. The highest BCUT2D eigenvalue weighted by atomic mass is 35.5. The zero-order chi connectivity index (χ0) is 15.0. The van der Waals surface area contributed by atoms with Crippen LogP contribution in [-0.2, 0) is 0 Å². The lowest BCUT2D eigenvalue weighted by Gasteiger charge is -2.16. The van der Waals surface area contributed by atoms with E-state index in [-0.39, 0.29) is 6.10 Å². The second-order valence-corrected chi connectivity index (χ2v) is 5.70. The molecule has 0 aliphatic rings. The van der Waals surface area contributed by atoms with Gasteiger partial charge in [0.1, 0.15) is 11.6 Å². The fourth-order valence-electron chi connectivity index (χ4n) is 2.41. The fraction of sp³-hybridized carbons (Fsp3) is 0.235. The number of ether oxygens (including phenoxy) is 1. The minimum absolute atomic E-state index is 0.157. The Morgan fingerprint density at radius 3 is 2.57 bits per heavy atom. The number of aryl methyl sites for hydroxylation is 2. The molecule has 0 spiro atoms. The summed E-state index contributed by atoms with van der Waals surface area (Å²) >= 11 is 6.00. The molecule has 0 unspecified atom stereocenters. The van der Waals surface area contributed by atoms with Crippen molar-refractivity contribution in [3.63, 3.8) is 0 Å². The number of hydrogen-bond donors (Lipinski definition) is 1. The molecule has 0 radical (unpaired) electrons. The molecule has 3 nitrogen and oxygen atoms in total. The third-order valence-electron chi connectivity index (χ3n) is 3.55. The monoisotopic (exact) mass is 300 g/mol. The molecule has 0 amide bonds. The molecule has 3 aromatic rings. The van der Waals surface area contributed by atoms with Crippen molar-refractivity contribution in [2.45, 2.75) is 26.9 Å². The Kier molecular flexibility index (Phi) is 3.60. The van der Waals surface area contributed by atoms with Gasteiger partial charge in [-0.25, -0.2) is 4.98 Å². The van der Waals surface area contributed by atoms with Crippen LogP contribution in [0.5, 0.6) is 5.75 Å². The van der Waals surface area contributed by atoms with Crippen LogP contribution in [0.25, 0.3) is 11.0 Å². The quantitative estimate of drug-likeness (QED) is 0.741. The second-order valence-electron chi connectivity index (χ2n) is 5.26. The van der Waals surface area contributed by atoms with Gasteiger partial charge < -0.3 is 9.72 Å². The highest BCUT2D eigenvalue weighted by Gasteiger charge is 2.15. The number of para-hydroxylation sites is 1. The van der Waals surface area contributed by atoms with E-state index in [0.717, 1.165) is 33.7 Å². The maximum atomic E-state index is 6.10. The van der Waals surface area contributed by atoms with Crippen LogP contribution in [-0.4, -0.2) is 9.97 Å². The van der Waals surface area contributed by atoms with Crippen molar-refractivity contribution in [2.24, 2.45) is 0 Å². The van der Waals surface area contributed by atoms with E-state index in [1.165, 1.54) is 0 Å². The Bertz CT molecular complexity index is 774. The normalized spacial score (nSPS) is 12.6. The maximum Gasteiger partial charge on any atom is 0.153 e. The van der Waals surface area contributed by atoms with Crippen LogP contribution in [0.15, 0.2) is 36.4 Å². The molecule has 0 saturated carbocycles. The summed E-state index contributed by atoms with van der Waals surface area (Å²) < 4.78 is 6.10. The van der Waals surface area contributed by atoms with Crippen LogP contribution in [0.3, 0.4) is 0 Å². The molecule has 0 bridgehead atoms. The lowest BCUT2D eigenvalue weighted by atomic mass is 10.1. The first kappa shape index (κ1) is 14.0. The average Bonchev–Trinajstić information content (AvgIpc) is 2.86. The molecule has 1 heterocycles. The van der Waals surface area contributed by atoms with Gasteiger partial charge in [0.05, 0.1) is 11.0 Å². The van der Waals surface area contributed by atoms with Gasteiger partial charge in [0, 0.05) is 5.02 Å². The lowest BCUT2D eigenvalue weighted by molar-refractivity contribution is 0.215. The average molecular weight is 301 g/mol. The summed E-state index contributed by atoms with van der Waals surface area (Å²) in [5.74, 6) is 1.72.